The molecule has 0 unspecified atom stereocenters. The van der Waals surface area contributed by atoms with Crippen molar-refractivity contribution in [3.8, 4) is 5.75 Å². The first-order chi connectivity index (χ1) is 9.08. The number of carbonyl (C=O) groups is 1. The van der Waals surface area contributed by atoms with E-state index in [1.54, 1.807) is 0 Å². The minimum Gasteiger partial charge on any atom is -0.507 e. The highest BCUT2D eigenvalue weighted by atomic mass is 32.2. The van der Waals surface area contributed by atoms with Crippen molar-refractivity contribution in [3.63, 3.8) is 0 Å². The Kier molecular flexibility index (Phi) is 4.26. The molecule has 0 radical (unpaired) electrons. The van der Waals surface area contributed by atoms with E-state index < -0.39 is 10.8 Å². The maximum Gasteiger partial charge on any atom is 0.270 e. The van der Waals surface area contributed by atoms with E-state index >= 15 is 0 Å². The van der Waals surface area contributed by atoms with Gasteiger partial charge in [0, 0.05) is 18.7 Å². The first kappa shape index (κ1) is 13.7. The number of rotatable bonds is 4. The Morgan fingerprint density at radius 1 is 1.58 bits per heavy atom. The molecule has 1 atom stereocenters. The Morgan fingerprint density at radius 2 is 2.37 bits per heavy atom. The third-order valence-electron chi connectivity index (χ3n) is 3.01. The average molecular weight is 282 g/mol. The number of benzene rings is 1. The zero-order chi connectivity index (χ0) is 13.8. The van der Waals surface area contributed by atoms with Crippen molar-refractivity contribution in [2.45, 2.75) is 6.42 Å². The van der Waals surface area contributed by atoms with Crippen LogP contribution < -0.4 is 5.32 Å². The van der Waals surface area contributed by atoms with Crippen LogP contribution in [0, 0.1) is 16.0 Å². The van der Waals surface area contributed by atoms with Crippen molar-refractivity contribution in [1.82, 2.24) is 5.32 Å². The average Bonchev–Trinajstić information content (AvgIpc) is 2.89. The first-order valence-electron chi connectivity index (χ1n) is 5.91. The molecule has 2 rings (SSSR count). The molecular formula is C12H14N2O4S. The molecule has 0 spiro atoms. The Hall–Kier alpha value is -1.76. The number of amides is 1. The topological polar surface area (TPSA) is 92.5 Å². The lowest BCUT2D eigenvalue weighted by Gasteiger charge is -2.10. The largest absolute Gasteiger partial charge is 0.507 e. The zero-order valence-electron chi connectivity index (χ0n) is 10.2. The lowest BCUT2D eigenvalue weighted by Crippen LogP contribution is -2.29. The Balaban J connectivity index is 2.04. The van der Waals surface area contributed by atoms with Crippen LogP contribution in [0.1, 0.15) is 16.8 Å². The van der Waals surface area contributed by atoms with Gasteiger partial charge >= 0.3 is 0 Å². The van der Waals surface area contributed by atoms with Gasteiger partial charge < -0.3 is 10.4 Å². The number of phenolic OH excluding ortho intramolecular Hbond substituents is 1. The van der Waals surface area contributed by atoms with Crippen molar-refractivity contribution < 1.29 is 14.8 Å². The fourth-order valence-corrected chi connectivity index (χ4v) is 3.18. The van der Waals surface area contributed by atoms with Crippen molar-refractivity contribution >= 4 is 23.4 Å². The molecular weight excluding hydrogens is 268 g/mol. The Labute approximate surface area is 114 Å². The molecule has 1 heterocycles. The van der Waals surface area contributed by atoms with E-state index in [0.29, 0.717) is 12.5 Å². The number of thioether (sulfide) groups is 1. The van der Waals surface area contributed by atoms with Crippen molar-refractivity contribution in [3.05, 3.63) is 33.9 Å². The molecule has 1 amide bonds. The number of hydrogen-bond donors (Lipinski definition) is 2. The van der Waals surface area contributed by atoms with E-state index in [4.69, 9.17) is 0 Å². The second-order valence-electron chi connectivity index (χ2n) is 4.40. The molecule has 1 aliphatic heterocycles. The van der Waals surface area contributed by atoms with Gasteiger partial charge in [-0.25, -0.2) is 0 Å². The normalized spacial score (nSPS) is 18.2. The van der Waals surface area contributed by atoms with Crippen LogP contribution in [0.4, 0.5) is 5.69 Å². The number of carbonyl (C=O) groups excluding carboxylic acids is 1. The summed E-state index contributed by atoms with van der Waals surface area (Å²) in [4.78, 5) is 21.9. The lowest BCUT2D eigenvalue weighted by atomic mass is 10.1. The Bertz CT molecular complexity index is 501. The van der Waals surface area contributed by atoms with Crippen LogP contribution in [0.25, 0.3) is 0 Å². The molecule has 1 aromatic rings. The van der Waals surface area contributed by atoms with Crippen LogP contribution in [-0.4, -0.2) is 34.0 Å². The third-order valence-corrected chi connectivity index (χ3v) is 4.24. The standard InChI is InChI=1S/C12H14N2O4S/c15-11-2-1-9(14(17)18)5-10(11)12(16)13-6-8-3-4-19-7-8/h1-2,5,8,15H,3-4,6-7H2,(H,13,16)/t8-/m1/s1. The van der Waals surface area contributed by atoms with E-state index in [1.807, 2.05) is 11.8 Å². The highest BCUT2D eigenvalue weighted by Gasteiger charge is 2.19. The molecule has 0 aliphatic carbocycles. The fraction of sp³-hybridized carbons (Fsp3) is 0.417. The maximum absolute atomic E-state index is 11.9. The summed E-state index contributed by atoms with van der Waals surface area (Å²) in [6, 6.07) is 3.42. The van der Waals surface area contributed by atoms with Crippen LogP contribution in [-0.2, 0) is 0 Å². The van der Waals surface area contributed by atoms with E-state index in [9.17, 15) is 20.0 Å². The van der Waals surface area contributed by atoms with Crippen LogP contribution in [0.15, 0.2) is 18.2 Å². The summed E-state index contributed by atoms with van der Waals surface area (Å²) < 4.78 is 0. The minimum absolute atomic E-state index is 0.0557. The van der Waals surface area contributed by atoms with Crippen molar-refractivity contribution in [2.24, 2.45) is 5.92 Å². The predicted octanol–water partition coefficient (Wildman–Crippen LogP) is 1.78. The number of aromatic hydroxyl groups is 1. The maximum atomic E-state index is 11.9. The van der Waals surface area contributed by atoms with Crippen LogP contribution >= 0.6 is 11.8 Å². The molecule has 6 nitrogen and oxygen atoms in total. The van der Waals surface area contributed by atoms with Gasteiger partial charge in [0.2, 0.25) is 0 Å². The van der Waals surface area contributed by atoms with Gasteiger partial charge in [-0.1, -0.05) is 0 Å². The molecule has 0 bridgehead atoms. The summed E-state index contributed by atoms with van der Waals surface area (Å²) in [6.45, 7) is 0.536. The lowest BCUT2D eigenvalue weighted by molar-refractivity contribution is -0.384. The zero-order valence-corrected chi connectivity index (χ0v) is 11.0. The molecule has 2 N–H and O–H groups in total. The molecule has 0 aromatic heterocycles. The summed E-state index contributed by atoms with van der Waals surface area (Å²) in [5, 5.41) is 22.9. The van der Waals surface area contributed by atoms with E-state index in [1.165, 1.54) is 12.1 Å². The molecule has 1 saturated heterocycles. The minimum atomic E-state index is -0.593. The summed E-state index contributed by atoms with van der Waals surface area (Å²) in [7, 11) is 0. The van der Waals surface area contributed by atoms with Gasteiger partial charge in [0.25, 0.3) is 11.6 Å². The van der Waals surface area contributed by atoms with Crippen LogP contribution in [0.3, 0.4) is 0 Å². The summed E-state index contributed by atoms with van der Waals surface area (Å²) in [5.74, 6) is 1.83. The van der Waals surface area contributed by atoms with Gasteiger partial charge in [-0.05, 0) is 29.9 Å². The SMILES string of the molecule is O=C(NC[C@H]1CCSC1)c1cc([N+](=O)[O-])ccc1O. The molecule has 1 aliphatic rings. The monoisotopic (exact) mass is 282 g/mol. The van der Waals surface area contributed by atoms with Crippen molar-refractivity contribution in [1.29, 1.82) is 0 Å². The van der Waals surface area contributed by atoms with Gasteiger partial charge in [-0.3, -0.25) is 14.9 Å². The van der Waals surface area contributed by atoms with Crippen molar-refractivity contribution in [2.75, 3.05) is 18.1 Å². The highest BCUT2D eigenvalue weighted by Crippen LogP contribution is 2.24. The number of nitro benzene ring substituents is 1. The molecule has 7 heteroatoms. The fourth-order valence-electron chi connectivity index (χ4n) is 1.90. The number of nitro groups is 1. The highest BCUT2D eigenvalue weighted by molar-refractivity contribution is 7.99. The number of hydrogen-bond acceptors (Lipinski definition) is 5. The number of non-ortho nitro benzene ring substituents is 1. The van der Waals surface area contributed by atoms with E-state index in [2.05, 4.69) is 5.32 Å². The quantitative estimate of drug-likeness (QED) is 0.648. The summed E-state index contributed by atoms with van der Waals surface area (Å²) in [6.07, 6.45) is 1.06. The summed E-state index contributed by atoms with van der Waals surface area (Å²) >= 11 is 1.85. The van der Waals surface area contributed by atoms with Gasteiger partial charge in [0.05, 0.1) is 10.5 Å². The first-order valence-corrected chi connectivity index (χ1v) is 7.06. The van der Waals surface area contributed by atoms with Crippen LogP contribution in [0.2, 0.25) is 0 Å². The number of nitrogens with one attached hydrogen (secondary N) is 1. The smallest absolute Gasteiger partial charge is 0.270 e. The second-order valence-corrected chi connectivity index (χ2v) is 5.55. The van der Waals surface area contributed by atoms with Gasteiger partial charge in [0.1, 0.15) is 5.75 Å². The van der Waals surface area contributed by atoms with Gasteiger partial charge in [-0.2, -0.15) is 11.8 Å². The van der Waals surface area contributed by atoms with E-state index in [0.717, 1.165) is 24.0 Å². The number of nitrogens with zero attached hydrogens (tertiary/aromatic N) is 1. The van der Waals surface area contributed by atoms with Gasteiger partial charge in [-0.15, -0.1) is 0 Å². The molecule has 19 heavy (non-hydrogen) atoms. The van der Waals surface area contributed by atoms with E-state index in [-0.39, 0.29) is 17.0 Å². The Morgan fingerprint density at radius 3 is 3.00 bits per heavy atom. The molecule has 1 aromatic carbocycles. The second kappa shape index (κ2) is 5.92. The van der Waals surface area contributed by atoms with Gasteiger partial charge in [0.15, 0.2) is 0 Å². The van der Waals surface area contributed by atoms with Crippen LogP contribution in [0.5, 0.6) is 5.75 Å². The molecule has 0 saturated carbocycles. The number of phenols is 1. The predicted molar refractivity (Wildman–Crippen MR) is 72.5 cm³/mol. The molecule has 102 valence electrons. The summed E-state index contributed by atoms with van der Waals surface area (Å²) in [5.41, 5.74) is -0.265. The molecule has 1 fully saturated rings. The third kappa shape index (κ3) is 3.37.